The molecule has 3 aromatic rings. The number of allylic oxidation sites excluding steroid dienone is 1. The van der Waals surface area contributed by atoms with Crippen molar-refractivity contribution in [2.45, 2.75) is 18.8 Å². The zero-order valence-corrected chi connectivity index (χ0v) is 22.1. The summed E-state index contributed by atoms with van der Waals surface area (Å²) in [4.78, 5) is 14.4. The zero-order valence-electron chi connectivity index (χ0n) is 19.8. The van der Waals surface area contributed by atoms with Crippen LogP contribution < -0.4 is 10.2 Å². The molecule has 37 heavy (non-hydrogen) atoms. The predicted octanol–water partition coefficient (Wildman–Crippen LogP) is 5.83. The number of piperidine rings is 1. The van der Waals surface area contributed by atoms with Crippen molar-refractivity contribution < 1.29 is 18.1 Å². The van der Waals surface area contributed by atoms with Crippen LogP contribution in [-0.4, -0.2) is 38.8 Å². The van der Waals surface area contributed by atoms with Gasteiger partial charge in [-0.2, -0.15) is 0 Å². The molecule has 3 unspecified atom stereocenters. The summed E-state index contributed by atoms with van der Waals surface area (Å²) in [5, 5.41) is 7.92. The third-order valence-corrected chi connectivity index (χ3v) is 8.52. The van der Waals surface area contributed by atoms with Crippen molar-refractivity contribution in [1.82, 2.24) is 10.5 Å². The van der Waals surface area contributed by atoms with Gasteiger partial charge in [0.05, 0.1) is 10.0 Å². The number of hydrogen-bond acceptors (Lipinski definition) is 5. The maximum Gasteiger partial charge on any atom is 0.252 e. The van der Waals surface area contributed by atoms with E-state index >= 15 is 0 Å². The van der Waals surface area contributed by atoms with Crippen LogP contribution in [0.3, 0.4) is 0 Å². The minimum Gasteiger partial charge on any atom is -0.371 e. The second-order valence-electron chi connectivity index (χ2n) is 9.87. The van der Waals surface area contributed by atoms with Crippen LogP contribution in [0.4, 0.5) is 5.69 Å². The van der Waals surface area contributed by atoms with E-state index in [1.807, 2.05) is 30.3 Å². The van der Waals surface area contributed by atoms with Crippen molar-refractivity contribution in [3.63, 3.8) is 0 Å². The van der Waals surface area contributed by atoms with Gasteiger partial charge in [0, 0.05) is 41.4 Å². The number of aromatic nitrogens is 1. The molecule has 3 fully saturated rings. The molecule has 3 atom stereocenters. The van der Waals surface area contributed by atoms with E-state index in [0.717, 1.165) is 42.9 Å². The van der Waals surface area contributed by atoms with E-state index in [1.54, 1.807) is 12.1 Å². The van der Waals surface area contributed by atoms with E-state index in [4.69, 9.17) is 32.3 Å². The number of nitrogens with one attached hydrogen (secondary N) is 1. The maximum absolute atomic E-state index is 12.1. The molecular weight excluding hydrogens is 533 g/mol. The lowest BCUT2D eigenvalue weighted by molar-refractivity contribution is 0.0959. The van der Waals surface area contributed by atoms with Crippen LogP contribution in [0.25, 0.3) is 17.3 Å². The highest BCUT2D eigenvalue weighted by molar-refractivity contribution is 7.79. The molecule has 2 heterocycles. The van der Waals surface area contributed by atoms with Gasteiger partial charge in [0.25, 0.3) is 5.91 Å². The molecule has 1 amide bonds. The Morgan fingerprint density at radius 3 is 2.43 bits per heavy atom. The molecule has 7 nitrogen and oxygen atoms in total. The first kappa shape index (κ1) is 24.7. The third kappa shape index (κ3) is 4.95. The normalized spacial score (nSPS) is 23.3. The van der Waals surface area contributed by atoms with Crippen molar-refractivity contribution in [2.75, 3.05) is 23.9 Å². The second kappa shape index (κ2) is 9.91. The maximum atomic E-state index is 12.1. The van der Waals surface area contributed by atoms with Gasteiger partial charge in [-0.25, -0.2) is 4.21 Å². The largest absolute Gasteiger partial charge is 0.371 e. The Labute approximate surface area is 227 Å². The highest BCUT2D eigenvalue weighted by atomic mass is 35.5. The van der Waals surface area contributed by atoms with E-state index in [2.05, 4.69) is 27.5 Å². The Bertz CT molecular complexity index is 1370. The number of benzene rings is 2. The lowest BCUT2D eigenvalue weighted by atomic mass is 10.0. The molecule has 1 saturated heterocycles. The quantitative estimate of drug-likeness (QED) is 0.338. The first-order valence-corrected chi connectivity index (χ1v) is 14.3. The minimum atomic E-state index is -2.06. The molecule has 2 N–H and O–H groups in total. The van der Waals surface area contributed by atoms with E-state index in [9.17, 15) is 9.00 Å². The molecule has 6 rings (SSSR count). The average Bonchev–Trinajstić information content (AvgIpc) is 3.75. The molecule has 3 aliphatic rings. The number of nitrogens with zero attached hydrogens (tertiary/aromatic N) is 2. The Morgan fingerprint density at radius 1 is 1.14 bits per heavy atom. The average molecular weight is 558 g/mol. The summed E-state index contributed by atoms with van der Waals surface area (Å²) in [7, 11) is 0. The number of hydrogen-bond donors (Lipinski definition) is 2. The van der Waals surface area contributed by atoms with Crippen LogP contribution >= 0.6 is 23.2 Å². The van der Waals surface area contributed by atoms with Gasteiger partial charge in [0.15, 0.2) is 11.1 Å². The first-order valence-electron chi connectivity index (χ1n) is 12.2. The van der Waals surface area contributed by atoms with Gasteiger partial charge < -0.3 is 19.3 Å². The number of rotatable bonds is 8. The van der Waals surface area contributed by atoms with Crippen LogP contribution in [0.5, 0.6) is 0 Å². The summed E-state index contributed by atoms with van der Waals surface area (Å²) in [5.41, 5.74) is 3.94. The monoisotopic (exact) mass is 557 g/mol. The Kier molecular flexibility index (Phi) is 6.61. The van der Waals surface area contributed by atoms with Crippen LogP contribution in [0.15, 0.2) is 53.1 Å². The summed E-state index contributed by atoms with van der Waals surface area (Å²) in [5.74, 6) is 2.34. The summed E-state index contributed by atoms with van der Waals surface area (Å²) in [6.07, 6.45) is 6.66. The Balaban J connectivity index is 1.13. The van der Waals surface area contributed by atoms with Crippen LogP contribution in [0.2, 0.25) is 10.0 Å². The van der Waals surface area contributed by atoms with Crippen LogP contribution in [0.1, 0.15) is 40.4 Å². The molecule has 0 bridgehead atoms. The molecule has 2 saturated carbocycles. The van der Waals surface area contributed by atoms with Gasteiger partial charge in [-0.3, -0.25) is 4.79 Å². The van der Waals surface area contributed by atoms with Crippen LogP contribution in [0, 0.1) is 17.8 Å². The lowest BCUT2D eigenvalue weighted by Gasteiger charge is -2.21. The van der Waals surface area contributed by atoms with Gasteiger partial charge in [0.1, 0.15) is 17.3 Å². The fourth-order valence-electron chi connectivity index (χ4n) is 5.34. The van der Waals surface area contributed by atoms with Crippen molar-refractivity contribution >= 4 is 52.0 Å². The third-order valence-electron chi connectivity index (χ3n) is 7.50. The number of amides is 1. The zero-order chi connectivity index (χ0) is 25.7. The van der Waals surface area contributed by atoms with Crippen molar-refractivity contribution in [2.24, 2.45) is 17.8 Å². The number of carbonyl (C=O) groups excluding carboxylic acids is 1. The number of halogens is 2. The highest BCUT2D eigenvalue weighted by Crippen LogP contribution is 2.54. The predicted molar refractivity (Wildman–Crippen MR) is 145 cm³/mol. The SMILES string of the molecule is O=C(NCS(=O)O)c1ccc(N2CC3C(/C=C/c4c(-c5c(Cl)cccc5Cl)noc4C4CC4)C3C2)cc1. The first-order chi connectivity index (χ1) is 17.9. The Morgan fingerprint density at radius 2 is 1.81 bits per heavy atom. The molecule has 1 aliphatic heterocycles. The summed E-state index contributed by atoms with van der Waals surface area (Å²) in [6, 6.07) is 12.8. The fourth-order valence-corrected chi connectivity index (χ4v) is 6.18. The van der Waals surface area contributed by atoms with Crippen molar-refractivity contribution in [1.29, 1.82) is 0 Å². The summed E-state index contributed by atoms with van der Waals surface area (Å²) in [6.45, 7) is 1.91. The number of anilines is 1. The van der Waals surface area contributed by atoms with Gasteiger partial charge in [-0.15, -0.1) is 0 Å². The molecular formula is C27H25Cl2N3O4S. The topological polar surface area (TPSA) is 95.7 Å². The van der Waals surface area contributed by atoms with Gasteiger partial charge >= 0.3 is 0 Å². The van der Waals surface area contributed by atoms with Gasteiger partial charge in [-0.1, -0.05) is 46.6 Å². The van der Waals surface area contributed by atoms with E-state index in [-0.39, 0.29) is 11.8 Å². The van der Waals surface area contributed by atoms with Gasteiger partial charge in [-0.05, 0) is 67.0 Å². The molecule has 0 spiro atoms. The standard InChI is InChI=1S/C27H25Cl2N3O4S/c28-22-2-1-3-23(29)24(22)25-19(26(36-31-25)15-4-5-15)11-10-18-20-12-32(13-21(18)20)17-8-6-16(7-9-17)27(33)30-14-37(34)35/h1-3,6-11,15,18,20-21H,4-5,12-14H2,(H,30,33)(H,34,35)/b11-10+. The minimum absolute atomic E-state index is 0.283. The van der Waals surface area contributed by atoms with E-state index in [0.29, 0.717) is 50.5 Å². The lowest BCUT2D eigenvalue weighted by Crippen LogP contribution is -2.27. The van der Waals surface area contributed by atoms with Crippen molar-refractivity contribution in [3.8, 4) is 11.3 Å². The van der Waals surface area contributed by atoms with Crippen LogP contribution in [-0.2, 0) is 11.1 Å². The summed E-state index contributed by atoms with van der Waals surface area (Å²) < 4.78 is 25.4. The molecule has 10 heteroatoms. The number of carbonyl (C=O) groups is 1. The Hall–Kier alpha value is -2.65. The fraction of sp³-hybridized carbons (Fsp3) is 0.333. The number of fused-ring (bicyclic) bond motifs is 1. The van der Waals surface area contributed by atoms with Crippen molar-refractivity contribution in [3.05, 3.63) is 75.5 Å². The molecule has 2 aromatic carbocycles. The second-order valence-corrected chi connectivity index (χ2v) is 11.6. The van der Waals surface area contributed by atoms with E-state index in [1.165, 1.54) is 0 Å². The smallest absolute Gasteiger partial charge is 0.252 e. The molecule has 0 radical (unpaired) electrons. The molecule has 192 valence electrons. The van der Waals surface area contributed by atoms with Gasteiger partial charge in [0.2, 0.25) is 0 Å². The molecule has 1 aromatic heterocycles. The van der Waals surface area contributed by atoms with E-state index < -0.39 is 11.1 Å². The summed E-state index contributed by atoms with van der Waals surface area (Å²) >= 11 is 10.9. The molecule has 2 aliphatic carbocycles. The highest BCUT2D eigenvalue weighted by Gasteiger charge is 2.54.